The lowest BCUT2D eigenvalue weighted by atomic mass is 10.0. The Bertz CT molecular complexity index is 698. The minimum Gasteiger partial charge on any atom is -0.495 e. The van der Waals surface area contributed by atoms with Gasteiger partial charge in [0.25, 0.3) is 0 Å². The van der Waals surface area contributed by atoms with E-state index in [9.17, 15) is 9.18 Å². The highest BCUT2D eigenvalue weighted by atomic mass is 79.9. The highest BCUT2D eigenvalue weighted by molar-refractivity contribution is 9.10. The minimum atomic E-state index is -0.410. The second-order valence-electron chi connectivity index (χ2n) is 4.46. The molecule has 21 heavy (non-hydrogen) atoms. The molecule has 0 atom stereocenters. The SMILES string of the molecule is COc1ccc(C(=O)c2ccc(C)c(F)c2)c(OC)c1Br. The van der Waals surface area contributed by atoms with Gasteiger partial charge in [-0.2, -0.15) is 0 Å². The number of ketones is 1. The number of methoxy groups -OCH3 is 2. The molecule has 110 valence electrons. The second kappa shape index (κ2) is 6.26. The van der Waals surface area contributed by atoms with Crippen LogP contribution in [-0.4, -0.2) is 20.0 Å². The third-order valence-corrected chi connectivity index (χ3v) is 3.92. The van der Waals surface area contributed by atoms with Crippen molar-refractivity contribution in [3.8, 4) is 11.5 Å². The lowest BCUT2D eigenvalue weighted by molar-refractivity contribution is 0.103. The molecule has 0 fully saturated rings. The van der Waals surface area contributed by atoms with Gasteiger partial charge >= 0.3 is 0 Å². The van der Waals surface area contributed by atoms with E-state index >= 15 is 0 Å². The van der Waals surface area contributed by atoms with Gasteiger partial charge in [0.1, 0.15) is 21.8 Å². The number of hydrogen-bond donors (Lipinski definition) is 0. The van der Waals surface area contributed by atoms with Crippen molar-refractivity contribution >= 4 is 21.7 Å². The summed E-state index contributed by atoms with van der Waals surface area (Å²) in [6.45, 7) is 1.65. The molecule has 0 saturated carbocycles. The van der Waals surface area contributed by atoms with Crippen LogP contribution >= 0.6 is 15.9 Å². The number of benzene rings is 2. The van der Waals surface area contributed by atoms with E-state index in [4.69, 9.17) is 9.47 Å². The van der Waals surface area contributed by atoms with Crippen LogP contribution in [0.15, 0.2) is 34.8 Å². The van der Waals surface area contributed by atoms with Crippen LogP contribution in [0.3, 0.4) is 0 Å². The zero-order chi connectivity index (χ0) is 15.6. The number of carbonyl (C=O) groups excluding carboxylic acids is 1. The van der Waals surface area contributed by atoms with Crippen molar-refractivity contribution in [2.45, 2.75) is 6.92 Å². The Labute approximate surface area is 130 Å². The maximum absolute atomic E-state index is 13.6. The fourth-order valence-electron chi connectivity index (χ4n) is 1.96. The summed E-state index contributed by atoms with van der Waals surface area (Å²) < 4.78 is 24.6. The maximum Gasteiger partial charge on any atom is 0.196 e. The van der Waals surface area contributed by atoms with Crippen LogP contribution < -0.4 is 9.47 Å². The molecule has 5 heteroatoms. The van der Waals surface area contributed by atoms with E-state index in [1.807, 2.05) is 0 Å². The van der Waals surface area contributed by atoms with E-state index in [2.05, 4.69) is 15.9 Å². The van der Waals surface area contributed by atoms with Crippen molar-refractivity contribution < 1.29 is 18.7 Å². The Morgan fingerprint density at radius 2 is 1.86 bits per heavy atom. The third kappa shape index (κ3) is 2.93. The summed E-state index contributed by atoms with van der Waals surface area (Å²) in [5, 5.41) is 0. The van der Waals surface area contributed by atoms with E-state index in [0.717, 1.165) is 0 Å². The fourth-order valence-corrected chi connectivity index (χ4v) is 2.63. The number of ether oxygens (including phenoxy) is 2. The molecule has 2 aromatic rings. The van der Waals surface area contributed by atoms with Gasteiger partial charge in [0, 0.05) is 5.56 Å². The quantitative estimate of drug-likeness (QED) is 0.775. The van der Waals surface area contributed by atoms with Crippen molar-refractivity contribution in [1.29, 1.82) is 0 Å². The Morgan fingerprint density at radius 3 is 2.43 bits per heavy atom. The molecule has 0 aliphatic heterocycles. The van der Waals surface area contributed by atoms with Crippen LogP contribution in [0.5, 0.6) is 11.5 Å². The molecule has 0 aromatic heterocycles. The maximum atomic E-state index is 13.6. The van der Waals surface area contributed by atoms with Gasteiger partial charge in [0.05, 0.1) is 19.8 Å². The highest BCUT2D eigenvalue weighted by Crippen LogP contribution is 2.38. The van der Waals surface area contributed by atoms with Crippen LogP contribution in [0.2, 0.25) is 0 Å². The molecular weight excluding hydrogens is 339 g/mol. The molecule has 0 saturated heterocycles. The van der Waals surface area contributed by atoms with Gasteiger partial charge in [-0.1, -0.05) is 12.1 Å². The summed E-state index contributed by atoms with van der Waals surface area (Å²) in [6.07, 6.45) is 0. The van der Waals surface area contributed by atoms with Crippen molar-refractivity contribution in [2.24, 2.45) is 0 Å². The summed E-state index contributed by atoms with van der Waals surface area (Å²) >= 11 is 3.34. The average Bonchev–Trinajstić information content (AvgIpc) is 2.49. The molecule has 0 heterocycles. The van der Waals surface area contributed by atoms with E-state index < -0.39 is 5.82 Å². The Balaban J connectivity index is 2.52. The number of carbonyl (C=O) groups is 1. The predicted octanol–water partition coefficient (Wildman–Crippen LogP) is 4.14. The van der Waals surface area contributed by atoms with Crippen LogP contribution in [-0.2, 0) is 0 Å². The molecule has 3 nitrogen and oxygen atoms in total. The van der Waals surface area contributed by atoms with Gasteiger partial charge in [-0.15, -0.1) is 0 Å². The standard InChI is InChI=1S/C16H14BrFO3/c1-9-4-5-10(8-12(9)18)15(19)11-6-7-13(20-2)14(17)16(11)21-3/h4-8H,1-3H3. The van der Waals surface area contributed by atoms with Gasteiger partial charge in [0.2, 0.25) is 0 Å². The monoisotopic (exact) mass is 352 g/mol. The molecular formula is C16H14BrFO3. The molecule has 0 bridgehead atoms. The van der Waals surface area contributed by atoms with Gasteiger partial charge in [-0.3, -0.25) is 4.79 Å². The molecule has 0 radical (unpaired) electrons. The topological polar surface area (TPSA) is 35.5 Å². The summed E-state index contributed by atoms with van der Waals surface area (Å²) in [7, 11) is 2.99. The Morgan fingerprint density at radius 1 is 1.14 bits per heavy atom. The molecule has 2 aromatic carbocycles. The normalized spacial score (nSPS) is 10.3. The van der Waals surface area contributed by atoms with E-state index in [-0.39, 0.29) is 11.3 Å². The first-order valence-electron chi connectivity index (χ1n) is 6.21. The molecule has 0 amide bonds. The lowest BCUT2D eigenvalue weighted by Gasteiger charge is -2.13. The molecule has 0 aliphatic rings. The van der Waals surface area contributed by atoms with E-state index in [0.29, 0.717) is 27.1 Å². The summed E-state index contributed by atoms with van der Waals surface area (Å²) in [5.41, 5.74) is 1.11. The number of hydrogen-bond acceptors (Lipinski definition) is 3. The van der Waals surface area contributed by atoms with Crippen LogP contribution in [0.4, 0.5) is 4.39 Å². The van der Waals surface area contributed by atoms with Gasteiger partial charge < -0.3 is 9.47 Å². The van der Waals surface area contributed by atoms with E-state index in [1.54, 1.807) is 31.2 Å². The molecule has 0 N–H and O–H groups in total. The smallest absolute Gasteiger partial charge is 0.196 e. The lowest BCUT2D eigenvalue weighted by Crippen LogP contribution is -2.06. The van der Waals surface area contributed by atoms with Crippen LogP contribution in [0.1, 0.15) is 21.5 Å². The molecule has 0 unspecified atom stereocenters. The summed E-state index contributed by atoms with van der Waals surface area (Å²) in [6, 6.07) is 7.66. The third-order valence-electron chi connectivity index (χ3n) is 3.16. The number of halogens is 2. The largest absolute Gasteiger partial charge is 0.495 e. The first-order valence-corrected chi connectivity index (χ1v) is 7.00. The van der Waals surface area contributed by atoms with Gasteiger partial charge in [-0.05, 0) is 46.6 Å². The van der Waals surface area contributed by atoms with E-state index in [1.165, 1.54) is 20.3 Å². The first kappa shape index (κ1) is 15.5. The second-order valence-corrected chi connectivity index (χ2v) is 5.25. The van der Waals surface area contributed by atoms with Crippen molar-refractivity contribution in [1.82, 2.24) is 0 Å². The van der Waals surface area contributed by atoms with Crippen molar-refractivity contribution in [3.63, 3.8) is 0 Å². The molecule has 0 spiro atoms. The molecule has 2 rings (SSSR count). The summed E-state index contributed by atoms with van der Waals surface area (Å²) in [4.78, 5) is 12.5. The predicted molar refractivity (Wildman–Crippen MR) is 81.8 cm³/mol. The van der Waals surface area contributed by atoms with Crippen molar-refractivity contribution in [2.75, 3.05) is 14.2 Å². The fraction of sp³-hybridized carbons (Fsp3) is 0.188. The first-order chi connectivity index (χ1) is 9.99. The Kier molecular flexibility index (Phi) is 4.63. The van der Waals surface area contributed by atoms with Gasteiger partial charge in [-0.25, -0.2) is 4.39 Å². The zero-order valence-corrected chi connectivity index (χ0v) is 13.5. The highest BCUT2D eigenvalue weighted by Gasteiger charge is 2.20. The zero-order valence-electron chi connectivity index (χ0n) is 11.9. The van der Waals surface area contributed by atoms with Crippen LogP contribution in [0.25, 0.3) is 0 Å². The number of aryl methyl sites for hydroxylation is 1. The number of rotatable bonds is 4. The van der Waals surface area contributed by atoms with Crippen LogP contribution in [0, 0.1) is 12.7 Å². The Hall–Kier alpha value is -1.88. The summed E-state index contributed by atoms with van der Waals surface area (Å²) in [5.74, 6) is 0.195. The van der Waals surface area contributed by atoms with Crippen molar-refractivity contribution in [3.05, 3.63) is 57.3 Å². The minimum absolute atomic E-state index is 0.272. The average molecular weight is 353 g/mol. The molecule has 0 aliphatic carbocycles. The van der Waals surface area contributed by atoms with Gasteiger partial charge in [0.15, 0.2) is 5.78 Å².